The highest BCUT2D eigenvalue weighted by Crippen LogP contribution is 2.22. The van der Waals surface area contributed by atoms with Crippen LogP contribution in [0, 0.1) is 0 Å². The maximum Gasteiger partial charge on any atom is 0.241 e. The number of carbonyl (C=O) groups excluding carboxylic acids is 1. The molecular weight excluding hydrogens is 252 g/mol. The van der Waals surface area contributed by atoms with Crippen LogP contribution >= 0.6 is 0 Å². The van der Waals surface area contributed by atoms with E-state index in [1.807, 2.05) is 0 Å². The van der Waals surface area contributed by atoms with Crippen LogP contribution in [0.25, 0.3) is 0 Å². The van der Waals surface area contributed by atoms with Crippen molar-refractivity contribution in [1.82, 2.24) is 10.2 Å². The normalized spacial score (nSPS) is 31.0. The van der Waals surface area contributed by atoms with Crippen LogP contribution in [-0.2, 0) is 9.53 Å². The highest BCUT2D eigenvalue weighted by atomic mass is 16.5. The topological polar surface area (TPSA) is 41.6 Å². The molecule has 1 amide bonds. The number of hydrogen-bond acceptors (Lipinski definition) is 3. The van der Waals surface area contributed by atoms with Gasteiger partial charge in [0, 0.05) is 13.2 Å². The Morgan fingerprint density at radius 2 is 2.10 bits per heavy atom. The van der Waals surface area contributed by atoms with Crippen LogP contribution in [0.5, 0.6) is 0 Å². The van der Waals surface area contributed by atoms with E-state index in [1.165, 1.54) is 12.8 Å². The molecule has 3 atom stereocenters. The third-order valence-electron chi connectivity index (χ3n) is 4.43. The van der Waals surface area contributed by atoms with E-state index in [2.05, 4.69) is 24.1 Å². The Morgan fingerprint density at radius 1 is 1.25 bits per heavy atom. The van der Waals surface area contributed by atoms with E-state index in [0.29, 0.717) is 5.91 Å². The standard InChI is InChI=1S/C16H30N2O2/c1-3-5-10-14-16(19)18(15(17-14)8-4-2)12-13-9-6-7-11-20-13/h13-15,17H,3-12H2,1-2H3. The molecule has 0 saturated carbocycles. The molecule has 116 valence electrons. The molecule has 4 nitrogen and oxygen atoms in total. The molecule has 20 heavy (non-hydrogen) atoms. The lowest BCUT2D eigenvalue weighted by Crippen LogP contribution is -2.43. The van der Waals surface area contributed by atoms with Crippen molar-refractivity contribution in [3.8, 4) is 0 Å². The van der Waals surface area contributed by atoms with Crippen LogP contribution in [0.4, 0.5) is 0 Å². The third kappa shape index (κ3) is 3.95. The summed E-state index contributed by atoms with van der Waals surface area (Å²) >= 11 is 0. The molecule has 2 fully saturated rings. The van der Waals surface area contributed by atoms with E-state index in [1.54, 1.807) is 0 Å². The molecule has 0 aliphatic carbocycles. The summed E-state index contributed by atoms with van der Waals surface area (Å²) in [6.45, 7) is 5.99. The summed E-state index contributed by atoms with van der Waals surface area (Å²) < 4.78 is 5.81. The van der Waals surface area contributed by atoms with Crippen LogP contribution in [0.3, 0.4) is 0 Å². The first-order valence-electron chi connectivity index (χ1n) is 8.44. The molecule has 2 rings (SSSR count). The Hall–Kier alpha value is -0.610. The Labute approximate surface area is 123 Å². The lowest BCUT2D eigenvalue weighted by atomic mass is 10.1. The summed E-state index contributed by atoms with van der Waals surface area (Å²) in [6.07, 6.45) is 9.36. The number of carbonyl (C=O) groups is 1. The van der Waals surface area contributed by atoms with Crippen molar-refractivity contribution in [3.63, 3.8) is 0 Å². The van der Waals surface area contributed by atoms with Gasteiger partial charge in [-0.1, -0.05) is 33.1 Å². The van der Waals surface area contributed by atoms with E-state index >= 15 is 0 Å². The van der Waals surface area contributed by atoms with Gasteiger partial charge in [-0.3, -0.25) is 10.1 Å². The fourth-order valence-corrected chi connectivity index (χ4v) is 3.26. The van der Waals surface area contributed by atoms with Crippen molar-refractivity contribution in [2.75, 3.05) is 13.2 Å². The summed E-state index contributed by atoms with van der Waals surface area (Å²) in [5, 5.41) is 3.54. The van der Waals surface area contributed by atoms with Crippen molar-refractivity contribution in [2.45, 2.75) is 83.5 Å². The molecular formula is C16H30N2O2. The second-order valence-corrected chi connectivity index (χ2v) is 6.15. The number of rotatable bonds is 7. The van der Waals surface area contributed by atoms with Gasteiger partial charge in [0.2, 0.25) is 5.91 Å². The maximum absolute atomic E-state index is 12.6. The summed E-state index contributed by atoms with van der Waals surface area (Å²) in [7, 11) is 0. The molecule has 1 N–H and O–H groups in total. The van der Waals surface area contributed by atoms with Gasteiger partial charge < -0.3 is 9.64 Å². The van der Waals surface area contributed by atoms with Crippen molar-refractivity contribution in [2.24, 2.45) is 0 Å². The molecule has 2 aliphatic heterocycles. The van der Waals surface area contributed by atoms with Gasteiger partial charge in [0.25, 0.3) is 0 Å². The molecule has 2 heterocycles. The first-order valence-corrected chi connectivity index (χ1v) is 8.44. The predicted molar refractivity (Wildman–Crippen MR) is 80.4 cm³/mol. The average molecular weight is 282 g/mol. The quantitative estimate of drug-likeness (QED) is 0.780. The Kier molecular flexibility index (Phi) is 6.30. The highest BCUT2D eigenvalue weighted by Gasteiger charge is 2.38. The minimum absolute atomic E-state index is 0.0371. The number of nitrogens with one attached hydrogen (secondary N) is 1. The minimum Gasteiger partial charge on any atom is -0.376 e. The van der Waals surface area contributed by atoms with E-state index in [0.717, 1.165) is 51.7 Å². The number of ether oxygens (including phenoxy) is 1. The molecule has 0 spiro atoms. The van der Waals surface area contributed by atoms with Gasteiger partial charge >= 0.3 is 0 Å². The second-order valence-electron chi connectivity index (χ2n) is 6.15. The van der Waals surface area contributed by atoms with Crippen molar-refractivity contribution < 1.29 is 9.53 Å². The first kappa shape index (κ1) is 15.8. The van der Waals surface area contributed by atoms with Crippen LogP contribution in [-0.4, -0.2) is 42.3 Å². The molecule has 0 radical (unpaired) electrons. The van der Waals surface area contributed by atoms with E-state index in [4.69, 9.17) is 4.74 Å². The van der Waals surface area contributed by atoms with Crippen molar-refractivity contribution in [1.29, 1.82) is 0 Å². The predicted octanol–water partition coefficient (Wildman–Crippen LogP) is 2.67. The second kappa shape index (κ2) is 7.99. The zero-order chi connectivity index (χ0) is 14.4. The Morgan fingerprint density at radius 3 is 2.75 bits per heavy atom. The van der Waals surface area contributed by atoms with Gasteiger partial charge in [0.05, 0.1) is 18.3 Å². The van der Waals surface area contributed by atoms with Gasteiger partial charge in [0.1, 0.15) is 0 Å². The summed E-state index contributed by atoms with van der Waals surface area (Å²) in [6, 6.07) is 0.0371. The lowest BCUT2D eigenvalue weighted by Gasteiger charge is -2.30. The smallest absolute Gasteiger partial charge is 0.241 e. The molecule has 0 bridgehead atoms. The molecule has 0 aromatic carbocycles. The molecule has 2 aliphatic rings. The van der Waals surface area contributed by atoms with Gasteiger partial charge in [0.15, 0.2) is 0 Å². The number of unbranched alkanes of at least 4 members (excludes halogenated alkanes) is 1. The fraction of sp³-hybridized carbons (Fsp3) is 0.938. The van der Waals surface area contributed by atoms with E-state index < -0.39 is 0 Å². The Bertz CT molecular complexity index is 303. The highest BCUT2D eigenvalue weighted by molar-refractivity contribution is 5.84. The van der Waals surface area contributed by atoms with Crippen molar-refractivity contribution >= 4 is 5.91 Å². The molecule has 3 unspecified atom stereocenters. The zero-order valence-corrected chi connectivity index (χ0v) is 13.1. The first-order chi connectivity index (χ1) is 9.76. The summed E-state index contributed by atoms with van der Waals surface area (Å²) in [5.41, 5.74) is 0. The fourth-order valence-electron chi connectivity index (χ4n) is 3.26. The summed E-state index contributed by atoms with van der Waals surface area (Å²) in [4.78, 5) is 14.6. The zero-order valence-electron chi connectivity index (χ0n) is 13.1. The minimum atomic E-state index is 0.0371. The largest absolute Gasteiger partial charge is 0.376 e. The third-order valence-corrected chi connectivity index (χ3v) is 4.43. The lowest BCUT2D eigenvalue weighted by molar-refractivity contribution is -0.132. The molecule has 2 saturated heterocycles. The number of amides is 1. The number of nitrogens with zero attached hydrogens (tertiary/aromatic N) is 1. The Balaban J connectivity index is 1.93. The maximum atomic E-state index is 12.6. The van der Waals surface area contributed by atoms with Crippen LogP contribution in [0.2, 0.25) is 0 Å². The van der Waals surface area contributed by atoms with Gasteiger partial charge in [-0.15, -0.1) is 0 Å². The van der Waals surface area contributed by atoms with E-state index in [9.17, 15) is 4.79 Å². The van der Waals surface area contributed by atoms with Crippen LogP contribution in [0.1, 0.15) is 65.2 Å². The van der Waals surface area contributed by atoms with Crippen molar-refractivity contribution in [3.05, 3.63) is 0 Å². The van der Waals surface area contributed by atoms with Crippen LogP contribution in [0.15, 0.2) is 0 Å². The molecule has 0 aromatic rings. The van der Waals surface area contributed by atoms with Gasteiger partial charge in [-0.05, 0) is 32.1 Å². The number of hydrogen-bond donors (Lipinski definition) is 1. The molecule has 0 aromatic heterocycles. The summed E-state index contributed by atoms with van der Waals surface area (Å²) in [5.74, 6) is 0.297. The van der Waals surface area contributed by atoms with Gasteiger partial charge in [-0.2, -0.15) is 0 Å². The molecule has 4 heteroatoms. The van der Waals surface area contributed by atoms with E-state index in [-0.39, 0.29) is 18.3 Å². The van der Waals surface area contributed by atoms with Crippen LogP contribution < -0.4 is 5.32 Å². The average Bonchev–Trinajstić information content (AvgIpc) is 2.75. The SMILES string of the molecule is CCCCC1NC(CCC)N(CC2CCCCO2)C1=O. The monoisotopic (exact) mass is 282 g/mol. The van der Waals surface area contributed by atoms with Gasteiger partial charge in [-0.25, -0.2) is 0 Å².